The Morgan fingerprint density at radius 3 is 2.79 bits per heavy atom. The summed E-state index contributed by atoms with van der Waals surface area (Å²) in [6, 6.07) is 5.73. The summed E-state index contributed by atoms with van der Waals surface area (Å²) in [6.07, 6.45) is 3.95. The van der Waals surface area contributed by atoms with Gasteiger partial charge in [0.2, 0.25) is 0 Å². The highest BCUT2D eigenvalue weighted by molar-refractivity contribution is 5.40. The number of unbranched alkanes of at least 4 members (excludes halogenated alkanes) is 1. The maximum Gasteiger partial charge on any atom is 0.128 e. The molecule has 1 aromatic rings. The second-order valence-corrected chi connectivity index (χ2v) is 3.29. The predicted octanol–water partition coefficient (Wildman–Crippen LogP) is 2.19. The van der Waals surface area contributed by atoms with Crippen LogP contribution in [0.4, 0.5) is 5.82 Å². The third-order valence-electron chi connectivity index (χ3n) is 2.12. The van der Waals surface area contributed by atoms with Crippen LogP contribution in [-0.2, 0) is 0 Å². The molecule has 3 heteroatoms. The van der Waals surface area contributed by atoms with Crippen molar-refractivity contribution in [3.63, 3.8) is 0 Å². The van der Waals surface area contributed by atoms with Gasteiger partial charge in [0.15, 0.2) is 0 Å². The second-order valence-electron chi connectivity index (χ2n) is 3.29. The van der Waals surface area contributed by atoms with Crippen molar-refractivity contribution in [2.24, 2.45) is 0 Å². The van der Waals surface area contributed by atoms with Gasteiger partial charge in [-0.1, -0.05) is 13.3 Å². The van der Waals surface area contributed by atoms with Crippen molar-refractivity contribution in [2.45, 2.75) is 19.8 Å². The Morgan fingerprint density at radius 2 is 2.29 bits per heavy atom. The molecule has 1 heterocycles. The SMILES string of the molecule is CCCCN(C)c1ccc(C#N)cn1. The smallest absolute Gasteiger partial charge is 0.128 e. The second kappa shape index (κ2) is 5.23. The summed E-state index contributed by atoms with van der Waals surface area (Å²) < 4.78 is 0. The summed E-state index contributed by atoms with van der Waals surface area (Å²) in [6.45, 7) is 3.18. The lowest BCUT2D eigenvalue weighted by Gasteiger charge is -2.17. The summed E-state index contributed by atoms with van der Waals surface area (Å²) in [7, 11) is 2.02. The molecule has 0 amide bonds. The summed E-state index contributed by atoms with van der Waals surface area (Å²) in [4.78, 5) is 6.31. The molecule has 0 spiro atoms. The van der Waals surface area contributed by atoms with Gasteiger partial charge in [0.05, 0.1) is 5.56 Å². The third kappa shape index (κ3) is 2.74. The number of nitrogens with zero attached hydrogens (tertiary/aromatic N) is 3. The standard InChI is InChI=1S/C11H15N3/c1-3-4-7-14(2)11-6-5-10(8-12)9-13-11/h5-6,9H,3-4,7H2,1-2H3. The predicted molar refractivity (Wildman–Crippen MR) is 57.1 cm³/mol. The average molecular weight is 189 g/mol. The molecular weight excluding hydrogens is 174 g/mol. The lowest BCUT2D eigenvalue weighted by Crippen LogP contribution is -2.19. The van der Waals surface area contributed by atoms with Gasteiger partial charge in [-0.05, 0) is 18.6 Å². The highest BCUT2D eigenvalue weighted by atomic mass is 15.2. The Hall–Kier alpha value is -1.56. The highest BCUT2D eigenvalue weighted by Crippen LogP contribution is 2.09. The van der Waals surface area contributed by atoms with Gasteiger partial charge in [-0.2, -0.15) is 5.26 Å². The third-order valence-corrected chi connectivity index (χ3v) is 2.12. The molecule has 0 aliphatic heterocycles. The minimum Gasteiger partial charge on any atom is -0.360 e. The number of rotatable bonds is 4. The molecule has 0 aromatic carbocycles. The maximum atomic E-state index is 8.60. The molecule has 14 heavy (non-hydrogen) atoms. The molecule has 0 aliphatic carbocycles. The quantitative estimate of drug-likeness (QED) is 0.729. The maximum absolute atomic E-state index is 8.60. The van der Waals surface area contributed by atoms with Crippen LogP contribution >= 0.6 is 0 Å². The first-order valence-corrected chi connectivity index (χ1v) is 4.85. The van der Waals surface area contributed by atoms with Crippen LogP contribution in [-0.4, -0.2) is 18.6 Å². The normalized spacial score (nSPS) is 9.50. The molecule has 0 aliphatic rings. The van der Waals surface area contributed by atoms with Crippen LogP contribution < -0.4 is 4.90 Å². The first kappa shape index (κ1) is 10.5. The number of pyridine rings is 1. The van der Waals surface area contributed by atoms with E-state index in [0.29, 0.717) is 5.56 Å². The molecule has 0 bridgehead atoms. The molecule has 0 N–H and O–H groups in total. The highest BCUT2D eigenvalue weighted by Gasteiger charge is 2.00. The van der Waals surface area contributed by atoms with Gasteiger partial charge in [-0.25, -0.2) is 4.98 Å². The van der Waals surface area contributed by atoms with Crippen molar-refractivity contribution < 1.29 is 0 Å². The Morgan fingerprint density at radius 1 is 1.50 bits per heavy atom. The number of hydrogen-bond acceptors (Lipinski definition) is 3. The lowest BCUT2D eigenvalue weighted by atomic mass is 10.3. The van der Waals surface area contributed by atoms with Gasteiger partial charge in [0, 0.05) is 19.8 Å². The Bertz CT molecular complexity index is 310. The minimum absolute atomic E-state index is 0.609. The van der Waals surface area contributed by atoms with Crippen molar-refractivity contribution >= 4 is 5.82 Å². The zero-order valence-corrected chi connectivity index (χ0v) is 8.70. The minimum atomic E-state index is 0.609. The van der Waals surface area contributed by atoms with E-state index >= 15 is 0 Å². The summed E-state index contributed by atoms with van der Waals surface area (Å²) in [5, 5.41) is 8.60. The van der Waals surface area contributed by atoms with Crippen molar-refractivity contribution in [2.75, 3.05) is 18.5 Å². The number of aromatic nitrogens is 1. The van der Waals surface area contributed by atoms with Crippen molar-refractivity contribution in [3.05, 3.63) is 23.9 Å². The molecule has 0 atom stereocenters. The molecule has 0 saturated carbocycles. The van der Waals surface area contributed by atoms with Crippen LogP contribution in [0.25, 0.3) is 0 Å². The molecule has 0 radical (unpaired) electrons. The summed E-state index contributed by atoms with van der Waals surface area (Å²) in [5.41, 5.74) is 0.609. The van der Waals surface area contributed by atoms with Crippen LogP contribution in [0, 0.1) is 11.3 Å². The molecule has 0 saturated heterocycles. The molecule has 1 aromatic heterocycles. The van der Waals surface area contributed by atoms with E-state index in [1.165, 1.54) is 6.42 Å². The first-order valence-electron chi connectivity index (χ1n) is 4.85. The molecule has 74 valence electrons. The Kier molecular flexibility index (Phi) is 3.93. The zero-order chi connectivity index (χ0) is 10.4. The van der Waals surface area contributed by atoms with Gasteiger partial charge < -0.3 is 4.90 Å². The van der Waals surface area contributed by atoms with Crippen LogP contribution in [0.15, 0.2) is 18.3 Å². The van der Waals surface area contributed by atoms with E-state index in [9.17, 15) is 0 Å². The van der Waals surface area contributed by atoms with E-state index in [0.717, 1.165) is 18.8 Å². The number of hydrogen-bond donors (Lipinski definition) is 0. The molecule has 0 fully saturated rings. The summed E-state index contributed by atoms with van der Waals surface area (Å²) >= 11 is 0. The van der Waals surface area contributed by atoms with E-state index in [1.54, 1.807) is 12.3 Å². The van der Waals surface area contributed by atoms with E-state index < -0.39 is 0 Å². The van der Waals surface area contributed by atoms with Crippen molar-refractivity contribution in [3.8, 4) is 6.07 Å². The average Bonchev–Trinajstić information content (AvgIpc) is 2.26. The van der Waals surface area contributed by atoms with E-state index in [2.05, 4.69) is 22.9 Å². The number of nitriles is 1. The van der Waals surface area contributed by atoms with Crippen molar-refractivity contribution in [1.29, 1.82) is 5.26 Å². The topological polar surface area (TPSA) is 39.9 Å². The first-order chi connectivity index (χ1) is 6.77. The molecule has 1 rings (SSSR count). The van der Waals surface area contributed by atoms with Crippen LogP contribution in [0.5, 0.6) is 0 Å². The van der Waals surface area contributed by atoms with E-state index in [1.807, 2.05) is 13.1 Å². The Labute approximate surface area is 85.0 Å². The largest absolute Gasteiger partial charge is 0.360 e. The monoisotopic (exact) mass is 189 g/mol. The van der Waals surface area contributed by atoms with Gasteiger partial charge in [-0.15, -0.1) is 0 Å². The van der Waals surface area contributed by atoms with Crippen LogP contribution in [0.3, 0.4) is 0 Å². The fraction of sp³-hybridized carbons (Fsp3) is 0.455. The zero-order valence-electron chi connectivity index (χ0n) is 8.70. The summed E-state index contributed by atoms with van der Waals surface area (Å²) in [5.74, 6) is 0.928. The van der Waals surface area contributed by atoms with Gasteiger partial charge in [0.1, 0.15) is 11.9 Å². The molecule has 3 nitrogen and oxygen atoms in total. The van der Waals surface area contributed by atoms with Gasteiger partial charge in [-0.3, -0.25) is 0 Å². The molecular formula is C11H15N3. The van der Waals surface area contributed by atoms with Crippen LogP contribution in [0.2, 0.25) is 0 Å². The van der Waals surface area contributed by atoms with Crippen LogP contribution in [0.1, 0.15) is 25.3 Å². The van der Waals surface area contributed by atoms with Gasteiger partial charge in [0.25, 0.3) is 0 Å². The fourth-order valence-electron chi connectivity index (χ4n) is 1.19. The Balaban J connectivity index is 2.63. The van der Waals surface area contributed by atoms with Crippen molar-refractivity contribution in [1.82, 2.24) is 4.98 Å². The number of anilines is 1. The van der Waals surface area contributed by atoms with E-state index in [-0.39, 0.29) is 0 Å². The lowest BCUT2D eigenvalue weighted by molar-refractivity contribution is 0.759. The molecule has 0 unspecified atom stereocenters. The van der Waals surface area contributed by atoms with Gasteiger partial charge >= 0.3 is 0 Å². The van der Waals surface area contributed by atoms with E-state index in [4.69, 9.17) is 5.26 Å². The fourth-order valence-corrected chi connectivity index (χ4v) is 1.19.